The first-order chi connectivity index (χ1) is 9.01. The van der Waals surface area contributed by atoms with Gasteiger partial charge in [0.1, 0.15) is 5.82 Å². The molecule has 2 rings (SSSR count). The highest BCUT2D eigenvalue weighted by Crippen LogP contribution is 2.37. The number of rotatable bonds is 4. The maximum Gasteiger partial charge on any atom is 0.123 e. The van der Waals surface area contributed by atoms with Crippen molar-refractivity contribution in [2.75, 3.05) is 7.05 Å². The monoisotopic (exact) mass is 425 g/mol. The van der Waals surface area contributed by atoms with Crippen LogP contribution in [0.3, 0.4) is 0 Å². The van der Waals surface area contributed by atoms with E-state index in [0.717, 1.165) is 18.7 Å². The van der Waals surface area contributed by atoms with Crippen LogP contribution in [0.15, 0.2) is 31.8 Å². The molecule has 0 amide bonds. The number of nitrogens with one attached hydrogen (secondary N) is 1. The summed E-state index contributed by atoms with van der Waals surface area (Å²) >= 11 is 14.7. The van der Waals surface area contributed by atoms with Crippen LogP contribution in [0.2, 0.25) is 5.02 Å². The van der Waals surface area contributed by atoms with Crippen LogP contribution in [-0.2, 0) is 6.42 Å². The maximum absolute atomic E-state index is 13.3. The fraction of sp³-hybridized carbons (Fsp3) is 0.231. The second-order valence-electron chi connectivity index (χ2n) is 4.06. The summed E-state index contributed by atoms with van der Waals surface area (Å²) in [6.45, 7) is 0. The minimum absolute atomic E-state index is 0.0798. The first kappa shape index (κ1) is 15.4. The van der Waals surface area contributed by atoms with Crippen molar-refractivity contribution in [2.45, 2.75) is 12.5 Å². The van der Waals surface area contributed by atoms with E-state index in [-0.39, 0.29) is 11.9 Å². The molecule has 0 aliphatic rings. The van der Waals surface area contributed by atoms with Crippen molar-refractivity contribution in [1.82, 2.24) is 5.32 Å². The highest BCUT2D eigenvalue weighted by molar-refractivity contribution is 9.12. The molecular formula is C13H11Br2ClFNS. The minimum Gasteiger partial charge on any atom is -0.313 e. The zero-order valence-electron chi connectivity index (χ0n) is 10.0. The summed E-state index contributed by atoms with van der Waals surface area (Å²) < 4.78 is 15.4. The van der Waals surface area contributed by atoms with Gasteiger partial charge in [-0.25, -0.2) is 4.39 Å². The Kier molecular flexibility index (Phi) is 5.43. The highest BCUT2D eigenvalue weighted by atomic mass is 79.9. The molecule has 0 radical (unpaired) electrons. The van der Waals surface area contributed by atoms with Gasteiger partial charge in [-0.15, -0.1) is 11.3 Å². The first-order valence-corrected chi connectivity index (χ1v) is 8.35. The smallest absolute Gasteiger partial charge is 0.123 e. The molecule has 1 aromatic carbocycles. The van der Waals surface area contributed by atoms with Crippen LogP contribution in [-0.4, -0.2) is 7.05 Å². The van der Waals surface area contributed by atoms with Crippen molar-refractivity contribution in [3.05, 3.63) is 53.8 Å². The van der Waals surface area contributed by atoms with E-state index in [1.807, 2.05) is 7.05 Å². The van der Waals surface area contributed by atoms with Gasteiger partial charge in [0.05, 0.1) is 7.57 Å². The Balaban J connectivity index is 2.29. The van der Waals surface area contributed by atoms with Gasteiger partial charge < -0.3 is 5.32 Å². The Hall–Kier alpha value is 0.0600. The van der Waals surface area contributed by atoms with Crippen molar-refractivity contribution in [1.29, 1.82) is 0 Å². The molecule has 6 heteroatoms. The number of hydrogen-bond donors (Lipinski definition) is 1. The third-order valence-corrected chi connectivity index (χ3v) is 5.59. The zero-order valence-corrected chi connectivity index (χ0v) is 14.8. The zero-order chi connectivity index (χ0) is 14.0. The average molecular weight is 428 g/mol. The Labute approximate surface area is 137 Å². The number of likely N-dealkylation sites (N-methyl/N-ethyl adjacent to an activating group) is 1. The summed E-state index contributed by atoms with van der Waals surface area (Å²) in [6.07, 6.45) is 0.634. The topological polar surface area (TPSA) is 12.0 Å². The average Bonchev–Trinajstić information content (AvgIpc) is 2.69. The third kappa shape index (κ3) is 3.79. The van der Waals surface area contributed by atoms with Crippen LogP contribution in [0.1, 0.15) is 17.2 Å². The summed E-state index contributed by atoms with van der Waals surface area (Å²) in [5.41, 5.74) is 1.94. The molecule has 102 valence electrons. The van der Waals surface area contributed by atoms with E-state index >= 15 is 0 Å². The molecule has 0 saturated heterocycles. The molecule has 0 saturated carbocycles. The summed E-state index contributed by atoms with van der Waals surface area (Å²) in [6, 6.07) is 6.59. The first-order valence-electron chi connectivity index (χ1n) is 5.57. The number of halogens is 4. The van der Waals surface area contributed by atoms with E-state index in [4.69, 9.17) is 11.6 Å². The SMILES string of the molecule is CNC(Cc1cc(F)ccc1Cl)c1cc(Br)sc1Br. The van der Waals surface area contributed by atoms with Crippen LogP contribution < -0.4 is 5.32 Å². The summed E-state index contributed by atoms with van der Waals surface area (Å²) in [5.74, 6) is -0.264. The fourth-order valence-corrected chi connectivity index (χ4v) is 5.05. The lowest BCUT2D eigenvalue weighted by atomic mass is 10.0. The molecule has 0 aliphatic heterocycles. The fourth-order valence-electron chi connectivity index (χ4n) is 1.88. The molecular weight excluding hydrogens is 416 g/mol. The van der Waals surface area contributed by atoms with Crippen LogP contribution in [0.5, 0.6) is 0 Å². The predicted molar refractivity (Wildman–Crippen MR) is 86.6 cm³/mol. The van der Waals surface area contributed by atoms with Crippen molar-refractivity contribution in [3.63, 3.8) is 0 Å². The van der Waals surface area contributed by atoms with Crippen LogP contribution in [0.25, 0.3) is 0 Å². The molecule has 0 spiro atoms. The van der Waals surface area contributed by atoms with E-state index in [9.17, 15) is 4.39 Å². The van der Waals surface area contributed by atoms with Crippen molar-refractivity contribution in [2.24, 2.45) is 0 Å². The van der Waals surface area contributed by atoms with Gasteiger partial charge in [-0.1, -0.05) is 11.6 Å². The van der Waals surface area contributed by atoms with E-state index in [1.165, 1.54) is 12.1 Å². The number of thiophene rings is 1. The summed E-state index contributed by atoms with van der Waals surface area (Å²) in [4.78, 5) is 0. The number of hydrogen-bond acceptors (Lipinski definition) is 2. The van der Waals surface area contributed by atoms with Gasteiger partial charge in [0.2, 0.25) is 0 Å². The molecule has 0 fully saturated rings. The van der Waals surface area contributed by atoms with E-state index in [1.54, 1.807) is 17.4 Å². The standard InChI is InChI=1S/C13H11Br2ClFNS/c1-18-11(9-6-12(14)19-13(9)15)5-7-4-8(17)2-3-10(7)16/h2-4,6,11,18H,5H2,1H3. The molecule has 2 aromatic rings. The Morgan fingerprint density at radius 2 is 2.11 bits per heavy atom. The third-order valence-electron chi connectivity index (χ3n) is 2.84. The van der Waals surface area contributed by atoms with Crippen LogP contribution in [0.4, 0.5) is 4.39 Å². The molecule has 1 nitrogen and oxygen atoms in total. The summed E-state index contributed by atoms with van der Waals surface area (Å²) in [7, 11) is 1.88. The van der Waals surface area contributed by atoms with Gasteiger partial charge in [0.25, 0.3) is 0 Å². The minimum atomic E-state index is -0.264. The van der Waals surface area contributed by atoms with Gasteiger partial charge in [0, 0.05) is 11.1 Å². The molecule has 1 heterocycles. The van der Waals surface area contributed by atoms with Crippen molar-refractivity contribution < 1.29 is 4.39 Å². The predicted octanol–water partition coefficient (Wildman–Crippen LogP) is 5.57. The van der Waals surface area contributed by atoms with Gasteiger partial charge >= 0.3 is 0 Å². The van der Waals surface area contributed by atoms with E-state index < -0.39 is 0 Å². The molecule has 1 aromatic heterocycles. The lowest BCUT2D eigenvalue weighted by Gasteiger charge is -2.16. The second kappa shape index (κ2) is 6.68. The molecule has 1 unspecified atom stereocenters. The maximum atomic E-state index is 13.3. The molecule has 0 bridgehead atoms. The molecule has 1 atom stereocenters. The normalized spacial score (nSPS) is 12.7. The quantitative estimate of drug-likeness (QED) is 0.673. The lowest BCUT2D eigenvalue weighted by molar-refractivity contribution is 0.584. The van der Waals surface area contributed by atoms with Gasteiger partial charge in [-0.3, -0.25) is 0 Å². The van der Waals surface area contributed by atoms with Crippen molar-refractivity contribution in [3.8, 4) is 0 Å². The summed E-state index contributed by atoms with van der Waals surface area (Å²) in [5, 5.41) is 3.83. The largest absolute Gasteiger partial charge is 0.313 e. The van der Waals surface area contributed by atoms with Gasteiger partial charge in [-0.05, 0) is 80.7 Å². The van der Waals surface area contributed by atoms with E-state index in [2.05, 4.69) is 43.2 Å². The van der Waals surface area contributed by atoms with E-state index in [0.29, 0.717) is 11.4 Å². The van der Waals surface area contributed by atoms with Crippen LogP contribution >= 0.6 is 54.8 Å². The molecule has 19 heavy (non-hydrogen) atoms. The molecule has 0 aliphatic carbocycles. The Morgan fingerprint density at radius 1 is 1.37 bits per heavy atom. The van der Waals surface area contributed by atoms with Gasteiger partial charge in [0.15, 0.2) is 0 Å². The highest BCUT2D eigenvalue weighted by Gasteiger charge is 2.17. The van der Waals surface area contributed by atoms with Gasteiger partial charge in [-0.2, -0.15) is 0 Å². The second-order valence-corrected chi connectivity index (χ2v) is 8.22. The Morgan fingerprint density at radius 3 is 2.68 bits per heavy atom. The molecule has 1 N–H and O–H groups in total. The van der Waals surface area contributed by atoms with Crippen LogP contribution in [0, 0.1) is 5.82 Å². The Bertz CT molecular complexity index is 588. The van der Waals surface area contributed by atoms with Crippen molar-refractivity contribution >= 4 is 54.8 Å². The number of benzene rings is 1. The lowest BCUT2D eigenvalue weighted by Crippen LogP contribution is -2.18.